The first-order valence-corrected chi connectivity index (χ1v) is 8.97. The van der Waals surface area contributed by atoms with E-state index in [-0.39, 0.29) is 12.7 Å². The molecule has 1 aliphatic heterocycles. The van der Waals surface area contributed by atoms with Crippen LogP contribution in [0.25, 0.3) is 0 Å². The Morgan fingerprint density at radius 3 is 2.76 bits per heavy atom. The van der Waals surface area contributed by atoms with E-state index in [1.807, 2.05) is 18.7 Å². The molecule has 0 aromatic heterocycles. The van der Waals surface area contributed by atoms with Crippen LogP contribution >= 0.6 is 0 Å². The number of rotatable bonds is 10. The zero-order valence-corrected chi connectivity index (χ0v) is 15.1. The Morgan fingerprint density at radius 1 is 1.32 bits per heavy atom. The van der Waals surface area contributed by atoms with E-state index in [4.69, 9.17) is 9.47 Å². The second-order valence-electron chi connectivity index (χ2n) is 7.15. The van der Waals surface area contributed by atoms with Gasteiger partial charge in [0, 0.05) is 44.5 Å². The Hall–Kier alpha value is -1.08. The van der Waals surface area contributed by atoms with E-state index in [0.29, 0.717) is 37.7 Å². The van der Waals surface area contributed by atoms with Crippen LogP contribution < -0.4 is 0 Å². The van der Waals surface area contributed by atoms with Gasteiger partial charge in [0.05, 0.1) is 18.8 Å². The van der Waals surface area contributed by atoms with Gasteiger partial charge in [-0.25, -0.2) is 8.78 Å². The minimum absolute atomic E-state index is 0.0901. The van der Waals surface area contributed by atoms with E-state index in [9.17, 15) is 13.9 Å². The van der Waals surface area contributed by atoms with Crippen molar-refractivity contribution in [3.05, 3.63) is 35.4 Å². The Labute approximate surface area is 148 Å². The molecule has 1 aromatic carbocycles. The summed E-state index contributed by atoms with van der Waals surface area (Å²) in [6.45, 7) is 6.94. The summed E-state index contributed by atoms with van der Waals surface area (Å²) in [5.41, 5.74) is 0.412. The molecular formula is C19H29F2NO3. The summed E-state index contributed by atoms with van der Waals surface area (Å²) in [6, 6.07) is 3.60. The molecule has 2 rings (SSSR count). The van der Waals surface area contributed by atoms with Gasteiger partial charge in [0.1, 0.15) is 11.6 Å². The number of ether oxygens (including phenoxy) is 2. The van der Waals surface area contributed by atoms with Gasteiger partial charge >= 0.3 is 0 Å². The third kappa shape index (κ3) is 7.36. The smallest absolute Gasteiger partial charge is 0.130 e. The third-order valence-corrected chi connectivity index (χ3v) is 4.13. The average molecular weight is 357 g/mol. The summed E-state index contributed by atoms with van der Waals surface area (Å²) in [5, 5.41) is 10.2. The van der Waals surface area contributed by atoms with Crippen molar-refractivity contribution in [3.8, 4) is 0 Å². The van der Waals surface area contributed by atoms with Crippen molar-refractivity contribution >= 4 is 0 Å². The first kappa shape index (κ1) is 20.2. The number of hydrogen-bond acceptors (Lipinski definition) is 4. The fourth-order valence-corrected chi connectivity index (χ4v) is 2.96. The third-order valence-electron chi connectivity index (χ3n) is 4.13. The summed E-state index contributed by atoms with van der Waals surface area (Å²) in [4.78, 5) is 1.95. The highest BCUT2D eigenvalue weighted by Gasteiger charge is 2.22. The lowest BCUT2D eigenvalue weighted by Crippen LogP contribution is -2.39. The summed E-state index contributed by atoms with van der Waals surface area (Å²) in [5.74, 6) is -0.750. The van der Waals surface area contributed by atoms with Crippen LogP contribution in [0.1, 0.15) is 32.3 Å². The van der Waals surface area contributed by atoms with Crippen LogP contribution in [0.3, 0.4) is 0 Å². The van der Waals surface area contributed by atoms with Gasteiger partial charge in [-0.05, 0) is 24.8 Å². The van der Waals surface area contributed by atoms with Crippen molar-refractivity contribution in [2.45, 2.75) is 45.4 Å². The molecule has 0 bridgehead atoms. The molecule has 4 nitrogen and oxygen atoms in total. The number of benzene rings is 1. The Kier molecular flexibility index (Phi) is 8.22. The molecule has 1 N–H and O–H groups in total. The zero-order valence-electron chi connectivity index (χ0n) is 15.1. The molecule has 1 saturated heterocycles. The highest BCUT2D eigenvalue weighted by molar-refractivity contribution is 5.18. The lowest BCUT2D eigenvalue weighted by atomic mass is 10.1. The van der Waals surface area contributed by atoms with Gasteiger partial charge in [-0.2, -0.15) is 0 Å². The largest absolute Gasteiger partial charge is 0.389 e. The molecule has 2 atom stereocenters. The number of hydrogen-bond donors (Lipinski definition) is 1. The highest BCUT2D eigenvalue weighted by Crippen LogP contribution is 2.17. The molecule has 1 heterocycles. The normalized spacial score (nSPS) is 19.1. The first-order valence-electron chi connectivity index (χ1n) is 8.97. The second-order valence-corrected chi connectivity index (χ2v) is 7.15. The standard InChI is InChI=1S/C19H29F2NO3/c1-14(2)12-24-13-17(23)10-22(11-18-4-3-7-25-18)9-15-5-6-16(20)8-19(15)21/h5-6,8,14,17-18,23H,3-4,7,9-13H2,1-2H3/t17-,18-/m1/s1. The summed E-state index contributed by atoms with van der Waals surface area (Å²) in [6.07, 6.45) is 1.40. The maximum Gasteiger partial charge on any atom is 0.130 e. The SMILES string of the molecule is CC(C)COC[C@H](O)CN(Cc1ccc(F)cc1F)C[C@H]1CCCO1. The lowest BCUT2D eigenvalue weighted by molar-refractivity contribution is -0.00411. The summed E-state index contributed by atoms with van der Waals surface area (Å²) < 4.78 is 38.2. The van der Waals surface area contributed by atoms with Crippen molar-refractivity contribution in [2.75, 3.05) is 32.9 Å². The molecule has 0 aliphatic carbocycles. The van der Waals surface area contributed by atoms with Crippen LogP contribution in [0, 0.1) is 17.6 Å². The van der Waals surface area contributed by atoms with Gasteiger partial charge in [0.25, 0.3) is 0 Å². The van der Waals surface area contributed by atoms with E-state index < -0.39 is 17.7 Å². The fourth-order valence-electron chi connectivity index (χ4n) is 2.96. The van der Waals surface area contributed by atoms with E-state index in [2.05, 4.69) is 0 Å². The number of halogens is 2. The van der Waals surface area contributed by atoms with Crippen molar-refractivity contribution in [1.82, 2.24) is 4.90 Å². The summed E-state index contributed by atoms with van der Waals surface area (Å²) in [7, 11) is 0. The molecule has 0 radical (unpaired) electrons. The quantitative estimate of drug-likeness (QED) is 0.699. The summed E-state index contributed by atoms with van der Waals surface area (Å²) >= 11 is 0. The van der Waals surface area contributed by atoms with E-state index in [1.165, 1.54) is 12.1 Å². The Bertz CT molecular complexity index is 521. The van der Waals surface area contributed by atoms with Crippen LogP contribution in [0.15, 0.2) is 18.2 Å². The van der Waals surface area contributed by atoms with E-state index in [0.717, 1.165) is 25.5 Å². The lowest BCUT2D eigenvalue weighted by Gasteiger charge is -2.27. The molecular weight excluding hydrogens is 328 g/mol. The molecule has 6 heteroatoms. The van der Waals surface area contributed by atoms with Crippen LogP contribution in [0.4, 0.5) is 8.78 Å². The minimum atomic E-state index is -0.663. The van der Waals surface area contributed by atoms with Gasteiger partial charge in [-0.1, -0.05) is 19.9 Å². The highest BCUT2D eigenvalue weighted by atomic mass is 19.1. The average Bonchev–Trinajstić information content (AvgIpc) is 3.02. The first-order chi connectivity index (χ1) is 11.9. The molecule has 142 valence electrons. The molecule has 1 fully saturated rings. The maximum atomic E-state index is 14.0. The van der Waals surface area contributed by atoms with Gasteiger partial charge in [0.2, 0.25) is 0 Å². The second kappa shape index (κ2) is 10.2. The van der Waals surface area contributed by atoms with Gasteiger partial charge in [-0.3, -0.25) is 4.90 Å². The Morgan fingerprint density at radius 2 is 2.12 bits per heavy atom. The van der Waals surface area contributed by atoms with Gasteiger partial charge in [0.15, 0.2) is 0 Å². The Balaban J connectivity index is 1.94. The topological polar surface area (TPSA) is 41.9 Å². The number of aliphatic hydroxyl groups excluding tert-OH is 1. The fraction of sp³-hybridized carbons (Fsp3) is 0.684. The minimum Gasteiger partial charge on any atom is -0.389 e. The molecule has 1 aromatic rings. The van der Waals surface area contributed by atoms with Gasteiger partial charge in [-0.15, -0.1) is 0 Å². The molecule has 0 unspecified atom stereocenters. The number of nitrogens with zero attached hydrogens (tertiary/aromatic N) is 1. The molecule has 0 saturated carbocycles. The van der Waals surface area contributed by atoms with Crippen molar-refractivity contribution < 1.29 is 23.4 Å². The van der Waals surface area contributed by atoms with Gasteiger partial charge < -0.3 is 14.6 Å². The molecule has 0 spiro atoms. The molecule has 0 amide bonds. The maximum absolute atomic E-state index is 14.0. The van der Waals surface area contributed by atoms with E-state index in [1.54, 1.807) is 0 Å². The predicted molar refractivity (Wildman–Crippen MR) is 92.3 cm³/mol. The monoisotopic (exact) mass is 357 g/mol. The van der Waals surface area contributed by atoms with Crippen LogP contribution in [-0.2, 0) is 16.0 Å². The van der Waals surface area contributed by atoms with Crippen molar-refractivity contribution in [1.29, 1.82) is 0 Å². The zero-order chi connectivity index (χ0) is 18.2. The molecule has 1 aliphatic rings. The van der Waals surface area contributed by atoms with E-state index >= 15 is 0 Å². The molecule has 25 heavy (non-hydrogen) atoms. The van der Waals surface area contributed by atoms with Crippen LogP contribution in [0.2, 0.25) is 0 Å². The van der Waals surface area contributed by atoms with Crippen LogP contribution in [-0.4, -0.2) is 55.1 Å². The number of aliphatic hydroxyl groups is 1. The van der Waals surface area contributed by atoms with Crippen molar-refractivity contribution in [2.24, 2.45) is 5.92 Å². The predicted octanol–water partition coefficient (Wildman–Crippen LogP) is 2.98. The van der Waals surface area contributed by atoms with Crippen LogP contribution in [0.5, 0.6) is 0 Å². The van der Waals surface area contributed by atoms with Crippen molar-refractivity contribution in [3.63, 3.8) is 0 Å².